The fraction of sp³-hybridized carbons (Fsp3) is 0.455. The van der Waals surface area contributed by atoms with Gasteiger partial charge in [-0.1, -0.05) is 0 Å². The highest BCUT2D eigenvalue weighted by atomic mass is 19.3. The molecule has 88 valence electrons. The van der Waals surface area contributed by atoms with Crippen LogP contribution in [0.2, 0.25) is 0 Å². The van der Waals surface area contributed by atoms with E-state index in [9.17, 15) is 18.3 Å². The van der Waals surface area contributed by atoms with Crippen molar-refractivity contribution >= 4 is 0 Å². The molecule has 16 heavy (non-hydrogen) atoms. The van der Waals surface area contributed by atoms with Gasteiger partial charge in [-0.2, -0.15) is 0 Å². The van der Waals surface area contributed by atoms with Gasteiger partial charge < -0.3 is 9.84 Å². The third-order valence-electron chi connectivity index (χ3n) is 2.75. The molecule has 0 bridgehead atoms. The smallest absolute Gasteiger partial charge is 0.263 e. The monoisotopic (exact) mass is 232 g/mol. The van der Waals surface area contributed by atoms with Gasteiger partial charge in [0.05, 0.1) is 12.7 Å². The van der Waals surface area contributed by atoms with Crippen LogP contribution in [0.5, 0.6) is 5.75 Å². The van der Waals surface area contributed by atoms with E-state index in [1.54, 1.807) is 0 Å². The minimum absolute atomic E-state index is 0.116. The lowest BCUT2D eigenvalue weighted by Gasteiger charge is -2.15. The summed E-state index contributed by atoms with van der Waals surface area (Å²) in [6, 6.07) is 1.85. The lowest BCUT2D eigenvalue weighted by Crippen LogP contribution is -2.09. The number of halogens is 3. The number of methoxy groups -OCH3 is 1. The van der Waals surface area contributed by atoms with E-state index in [4.69, 9.17) is 4.74 Å². The number of hydrogen-bond donors (Lipinski definition) is 1. The maximum Gasteiger partial charge on any atom is 0.263 e. The average molecular weight is 232 g/mol. The molecule has 0 aliphatic heterocycles. The van der Waals surface area contributed by atoms with E-state index in [-0.39, 0.29) is 11.3 Å². The number of alkyl halides is 2. The molecule has 0 amide bonds. The van der Waals surface area contributed by atoms with E-state index in [1.165, 1.54) is 7.11 Å². The Kier molecular flexibility index (Phi) is 2.58. The molecule has 1 saturated carbocycles. The molecule has 1 fully saturated rings. The summed E-state index contributed by atoms with van der Waals surface area (Å²) in [4.78, 5) is 0. The Bertz CT molecular complexity index is 414. The van der Waals surface area contributed by atoms with Crippen molar-refractivity contribution in [2.75, 3.05) is 7.11 Å². The summed E-state index contributed by atoms with van der Waals surface area (Å²) in [7, 11) is 1.25. The molecule has 1 aliphatic rings. The molecule has 2 nitrogen and oxygen atoms in total. The Morgan fingerprint density at radius 1 is 1.38 bits per heavy atom. The molecule has 2 rings (SSSR count). The molecule has 0 aromatic heterocycles. The number of benzene rings is 1. The van der Waals surface area contributed by atoms with Crippen molar-refractivity contribution in [3.05, 3.63) is 29.1 Å². The zero-order valence-corrected chi connectivity index (χ0v) is 8.64. The van der Waals surface area contributed by atoms with Crippen LogP contribution in [0.15, 0.2) is 12.1 Å². The van der Waals surface area contributed by atoms with Crippen molar-refractivity contribution < 1.29 is 23.0 Å². The summed E-state index contributed by atoms with van der Waals surface area (Å²) in [5.41, 5.74) is -1.52. The molecule has 0 spiro atoms. The highest BCUT2D eigenvalue weighted by Crippen LogP contribution is 2.50. The van der Waals surface area contributed by atoms with Crippen LogP contribution in [0.3, 0.4) is 0 Å². The van der Waals surface area contributed by atoms with Gasteiger partial charge in [0, 0.05) is 11.1 Å². The lowest BCUT2D eigenvalue weighted by molar-refractivity contribution is 0.140. The Hall–Kier alpha value is -1.23. The van der Waals surface area contributed by atoms with E-state index < -0.39 is 23.4 Å². The van der Waals surface area contributed by atoms with Gasteiger partial charge in [-0.05, 0) is 25.0 Å². The Balaban J connectivity index is 2.55. The number of ether oxygens (including phenoxy) is 1. The number of rotatable bonds is 3. The maximum atomic E-state index is 13.5. The minimum atomic E-state index is -2.76. The highest BCUT2D eigenvalue weighted by Gasteiger charge is 2.45. The molecule has 1 aromatic carbocycles. The Morgan fingerprint density at radius 3 is 2.44 bits per heavy atom. The molecule has 0 atom stereocenters. The van der Waals surface area contributed by atoms with E-state index in [0.717, 1.165) is 12.1 Å². The summed E-state index contributed by atoms with van der Waals surface area (Å²) in [6.07, 6.45) is -1.88. The van der Waals surface area contributed by atoms with Gasteiger partial charge >= 0.3 is 0 Å². The fourth-order valence-corrected chi connectivity index (χ4v) is 1.68. The van der Waals surface area contributed by atoms with Crippen LogP contribution in [-0.2, 0) is 5.60 Å². The lowest BCUT2D eigenvalue weighted by atomic mass is 10.0. The topological polar surface area (TPSA) is 29.5 Å². The van der Waals surface area contributed by atoms with Gasteiger partial charge in [0.1, 0.15) is 0 Å². The first-order valence-corrected chi connectivity index (χ1v) is 4.86. The van der Waals surface area contributed by atoms with Crippen molar-refractivity contribution in [2.24, 2.45) is 0 Å². The molecule has 1 aromatic rings. The second-order valence-corrected chi connectivity index (χ2v) is 3.92. The molecule has 0 saturated heterocycles. The number of hydrogen-bond acceptors (Lipinski definition) is 2. The van der Waals surface area contributed by atoms with Crippen LogP contribution < -0.4 is 4.74 Å². The summed E-state index contributed by atoms with van der Waals surface area (Å²) in [5, 5.41) is 9.85. The molecule has 5 heteroatoms. The first-order chi connectivity index (χ1) is 7.48. The third-order valence-corrected chi connectivity index (χ3v) is 2.75. The third kappa shape index (κ3) is 1.75. The predicted molar refractivity (Wildman–Crippen MR) is 51.0 cm³/mol. The molecular weight excluding hydrogens is 221 g/mol. The maximum absolute atomic E-state index is 13.5. The largest absolute Gasteiger partial charge is 0.493 e. The highest BCUT2D eigenvalue weighted by molar-refractivity contribution is 5.45. The quantitative estimate of drug-likeness (QED) is 0.868. The van der Waals surface area contributed by atoms with Gasteiger partial charge in [-0.25, -0.2) is 13.2 Å². The van der Waals surface area contributed by atoms with Crippen molar-refractivity contribution in [1.82, 2.24) is 0 Å². The second-order valence-electron chi connectivity index (χ2n) is 3.92. The van der Waals surface area contributed by atoms with E-state index in [1.807, 2.05) is 0 Å². The normalized spacial score (nSPS) is 17.6. The van der Waals surface area contributed by atoms with Gasteiger partial charge in [0.25, 0.3) is 6.43 Å². The SMILES string of the molecule is COc1c(F)cc(C(F)F)cc1C1(O)CC1. The molecule has 1 N–H and O–H groups in total. The molecule has 0 heterocycles. The van der Waals surface area contributed by atoms with Crippen molar-refractivity contribution in [3.63, 3.8) is 0 Å². The van der Waals surface area contributed by atoms with Crippen LogP contribution >= 0.6 is 0 Å². The average Bonchev–Trinajstić information content (AvgIpc) is 2.96. The fourth-order valence-electron chi connectivity index (χ4n) is 1.68. The predicted octanol–water partition coefficient (Wildman–Crippen LogP) is 2.75. The molecule has 0 unspecified atom stereocenters. The second kappa shape index (κ2) is 3.66. The summed E-state index contributed by atoms with van der Waals surface area (Å²) < 4.78 is 43.2. The van der Waals surface area contributed by atoms with Crippen LogP contribution in [-0.4, -0.2) is 12.2 Å². The van der Waals surface area contributed by atoms with Crippen molar-refractivity contribution in [1.29, 1.82) is 0 Å². The minimum Gasteiger partial charge on any atom is -0.493 e. The van der Waals surface area contributed by atoms with Gasteiger partial charge in [0.2, 0.25) is 0 Å². The molecule has 0 radical (unpaired) electrons. The van der Waals surface area contributed by atoms with Crippen LogP contribution in [0.4, 0.5) is 13.2 Å². The standard InChI is InChI=1S/C11H11F3O2/c1-16-9-7(11(15)2-3-11)4-6(10(13)14)5-8(9)12/h4-5,10,15H,2-3H2,1H3. The Morgan fingerprint density at radius 2 is 2.00 bits per heavy atom. The van der Waals surface area contributed by atoms with E-state index in [2.05, 4.69) is 0 Å². The summed E-state index contributed by atoms with van der Waals surface area (Å²) in [5.74, 6) is -1.01. The molecular formula is C11H11F3O2. The first kappa shape index (κ1) is 11.3. The van der Waals surface area contributed by atoms with E-state index in [0.29, 0.717) is 12.8 Å². The van der Waals surface area contributed by atoms with Gasteiger partial charge in [0.15, 0.2) is 11.6 Å². The summed E-state index contributed by atoms with van der Waals surface area (Å²) >= 11 is 0. The molecule has 1 aliphatic carbocycles. The zero-order chi connectivity index (χ0) is 11.9. The van der Waals surface area contributed by atoms with Crippen molar-refractivity contribution in [2.45, 2.75) is 24.9 Å². The zero-order valence-electron chi connectivity index (χ0n) is 8.64. The van der Waals surface area contributed by atoms with Gasteiger partial charge in [-0.3, -0.25) is 0 Å². The summed E-state index contributed by atoms with van der Waals surface area (Å²) in [6.45, 7) is 0. The van der Waals surface area contributed by atoms with Gasteiger partial charge in [-0.15, -0.1) is 0 Å². The van der Waals surface area contributed by atoms with E-state index >= 15 is 0 Å². The first-order valence-electron chi connectivity index (χ1n) is 4.86. The van der Waals surface area contributed by atoms with Crippen LogP contribution in [0.1, 0.15) is 30.4 Å². The van der Waals surface area contributed by atoms with Crippen LogP contribution in [0.25, 0.3) is 0 Å². The Labute approximate surface area is 90.7 Å². The van der Waals surface area contributed by atoms with Crippen LogP contribution in [0, 0.1) is 5.82 Å². The van der Waals surface area contributed by atoms with Crippen molar-refractivity contribution in [3.8, 4) is 5.75 Å². The number of aliphatic hydroxyl groups is 1.